The predicted octanol–water partition coefficient (Wildman–Crippen LogP) is 5.64. The zero-order valence-electron chi connectivity index (χ0n) is 16.3. The number of para-hydroxylation sites is 1. The summed E-state index contributed by atoms with van der Waals surface area (Å²) in [6.45, 7) is 2.24. The molecule has 1 atom stereocenters. The van der Waals surface area contributed by atoms with Crippen molar-refractivity contribution in [1.82, 2.24) is 14.5 Å². The normalized spacial score (nSPS) is 12.4. The number of hydrogen-bond donors (Lipinski definition) is 1. The third-order valence-electron chi connectivity index (χ3n) is 5.43. The molecule has 3 aromatic carbocycles. The summed E-state index contributed by atoms with van der Waals surface area (Å²) in [5, 5.41) is 2.03. The molecule has 2 aromatic heterocycles. The first kappa shape index (κ1) is 17.4. The maximum atomic E-state index is 6.46. The van der Waals surface area contributed by atoms with Gasteiger partial charge in [-0.1, -0.05) is 78.9 Å². The molecule has 0 saturated carbocycles. The summed E-state index contributed by atoms with van der Waals surface area (Å²) >= 11 is 0. The van der Waals surface area contributed by atoms with Gasteiger partial charge in [-0.05, 0) is 25.0 Å². The standard InChI is InChI=1S/C25H22N4/c1-17(16-18-10-4-2-5-11-18)29-21-15-9-8-14-20(21)22-23(26)27-24(28-25(22)29)19-12-6-3-7-13-19/h2-15,17H,16H2,1H3,(H2,26,27,28)/t17-/m0/s1. The monoisotopic (exact) mass is 378 g/mol. The van der Waals surface area contributed by atoms with E-state index in [0.29, 0.717) is 11.6 Å². The van der Waals surface area contributed by atoms with Crippen molar-refractivity contribution in [3.63, 3.8) is 0 Å². The van der Waals surface area contributed by atoms with Crippen molar-refractivity contribution in [3.05, 3.63) is 90.5 Å². The second kappa shape index (κ2) is 7.06. The second-order valence-electron chi connectivity index (χ2n) is 7.42. The molecule has 0 radical (unpaired) electrons. The van der Waals surface area contributed by atoms with E-state index < -0.39 is 0 Å². The summed E-state index contributed by atoms with van der Waals surface area (Å²) in [7, 11) is 0. The van der Waals surface area contributed by atoms with Gasteiger partial charge in [0.1, 0.15) is 11.5 Å². The largest absolute Gasteiger partial charge is 0.383 e. The molecular formula is C25H22N4. The van der Waals surface area contributed by atoms with Crippen molar-refractivity contribution in [1.29, 1.82) is 0 Å². The van der Waals surface area contributed by atoms with Crippen molar-refractivity contribution in [2.45, 2.75) is 19.4 Å². The topological polar surface area (TPSA) is 56.7 Å². The number of rotatable bonds is 4. The fourth-order valence-corrected chi connectivity index (χ4v) is 4.12. The third-order valence-corrected chi connectivity index (χ3v) is 5.43. The Bertz CT molecular complexity index is 1290. The van der Waals surface area contributed by atoms with Crippen LogP contribution in [-0.4, -0.2) is 14.5 Å². The third kappa shape index (κ3) is 3.03. The molecule has 2 heterocycles. The number of anilines is 1. The smallest absolute Gasteiger partial charge is 0.163 e. The summed E-state index contributed by atoms with van der Waals surface area (Å²) < 4.78 is 2.31. The molecule has 0 aliphatic rings. The van der Waals surface area contributed by atoms with Crippen LogP contribution in [0.1, 0.15) is 18.5 Å². The van der Waals surface area contributed by atoms with Crippen LogP contribution in [0.5, 0.6) is 0 Å². The number of benzene rings is 3. The van der Waals surface area contributed by atoms with Gasteiger partial charge in [0.05, 0.1) is 10.9 Å². The fraction of sp³-hybridized carbons (Fsp3) is 0.120. The predicted molar refractivity (Wildman–Crippen MR) is 120 cm³/mol. The van der Waals surface area contributed by atoms with Crippen LogP contribution < -0.4 is 5.73 Å². The minimum atomic E-state index is 0.220. The Hall–Kier alpha value is -3.66. The Balaban J connectivity index is 1.75. The molecule has 0 aliphatic heterocycles. The van der Waals surface area contributed by atoms with E-state index in [0.717, 1.165) is 33.9 Å². The Morgan fingerprint density at radius 3 is 2.24 bits per heavy atom. The molecule has 29 heavy (non-hydrogen) atoms. The molecule has 0 spiro atoms. The van der Waals surface area contributed by atoms with E-state index in [1.54, 1.807) is 0 Å². The van der Waals surface area contributed by atoms with Crippen molar-refractivity contribution in [2.75, 3.05) is 5.73 Å². The van der Waals surface area contributed by atoms with Gasteiger partial charge in [-0.15, -0.1) is 0 Å². The van der Waals surface area contributed by atoms with E-state index in [9.17, 15) is 0 Å². The molecule has 0 amide bonds. The van der Waals surface area contributed by atoms with Crippen molar-refractivity contribution < 1.29 is 0 Å². The molecule has 5 aromatic rings. The lowest BCUT2D eigenvalue weighted by Gasteiger charge is -2.17. The van der Waals surface area contributed by atoms with E-state index in [1.165, 1.54) is 5.56 Å². The highest BCUT2D eigenvalue weighted by molar-refractivity contribution is 6.11. The highest BCUT2D eigenvalue weighted by Gasteiger charge is 2.20. The van der Waals surface area contributed by atoms with Crippen LogP contribution in [0.25, 0.3) is 33.3 Å². The number of hydrogen-bond acceptors (Lipinski definition) is 3. The minimum absolute atomic E-state index is 0.220. The van der Waals surface area contributed by atoms with Crippen LogP contribution in [0.15, 0.2) is 84.9 Å². The average molecular weight is 378 g/mol. The number of nitrogens with two attached hydrogens (primary N) is 1. The molecule has 4 heteroatoms. The van der Waals surface area contributed by atoms with Gasteiger partial charge in [0.2, 0.25) is 0 Å². The lowest BCUT2D eigenvalue weighted by atomic mass is 10.1. The van der Waals surface area contributed by atoms with Crippen LogP contribution in [0.4, 0.5) is 5.82 Å². The zero-order chi connectivity index (χ0) is 19.8. The van der Waals surface area contributed by atoms with Gasteiger partial charge in [0.25, 0.3) is 0 Å². The SMILES string of the molecule is C[C@@H](Cc1ccccc1)n1c2ccccc2c2c(N)nc(-c3ccccc3)nc21. The Labute approximate surface area is 169 Å². The van der Waals surface area contributed by atoms with Crippen LogP contribution in [0.2, 0.25) is 0 Å². The first-order valence-electron chi connectivity index (χ1n) is 9.88. The zero-order valence-corrected chi connectivity index (χ0v) is 16.3. The summed E-state index contributed by atoms with van der Waals surface area (Å²) in [5.74, 6) is 1.18. The minimum Gasteiger partial charge on any atom is -0.383 e. The first-order chi connectivity index (χ1) is 14.2. The van der Waals surface area contributed by atoms with Gasteiger partial charge in [-0.3, -0.25) is 0 Å². The number of nitrogen functional groups attached to an aromatic ring is 1. The van der Waals surface area contributed by atoms with Crippen LogP contribution in [0.3, 0.4) is 0 Å². The highest BCUT2D eigenvalue weighted by Crippen LogP contribution is 2.35. The van der Waals surface area contributed by atoms with Gasteiger partial charge < -0.3 is 10.3 Å². The van der Waals surface area contributed by atoms with E-state index in [4.69, 9.17) is 10.7 Å². The molecule has 0 bridgehead atoms. The molecule has 0 saturated heterocycles. The number of fused-ring (bicyclic) bond motifs is 3. The lowest BCUT2D eigenvalue weighted by Crippen LogP contribution is -2.09. The molecule has 0 aliphatic carbocycles. The number of nitrogens with zero attached hydrogens (tertiary/aromatic N) is 3. The van der Waals surface area contributed by atoms with Crippen LogP contribution in [0, 0.1) is 0 Å². The summed E-state index contributed by atoms with van der Waals surface area (Å²) in [6.07, 6.45) is 0.916. The first-order valence-corrected chi connectivity index (χ1v) is 9.88. The summed E-state index contributed by atoms with van der Waals surface area (Å²) in [5.41, 5.74) is 10.8. The molecular weight excluding hydrogens is 356 g/mol. The van der Waals surface area contributed by atoms with Gasteiger partial charge in [0.15, 0.2) is 5.82 Å². The maximum absolute atomic E-state index is 6.46. The van der Waals surface area contributed by atoms with E-state index in [-0.39, 0.29) is 6.04 Å². The quantitative estimate of drug-likeness (QED) is 0.440. The number of aromatic nitrogens is 3. The highest BCUT2D eigenvalue weighted by atomic mass is 15.1. The molecule has 0 unspecified atom stereocenters. The van der Waals surface area contributed by atoms with Gasteiger partial charge in [-0.25, -0.2) is 9.97 Å². The molecule has 2 N–H and O–H groups in total. The summed E-state index contributed by atoms with van der Waals surface area (Å²) in [4.78, 5) is 9.61. The van der Waals surface area contributed by atoms with Gasteiger partial charge in [0, 0.05) is 17.0 Å². The molecule has 0 fully saturated rings. The molecule has 142 valence electrons. The lowest BCUT2D eigenvalue weighted by molar-refractivity contribution is 0.575. The Kier molecular flexibility index (Phi) is 4.24. The second-order valence-corrected chi connectivity index (χ2v) is 7.42. The van der Waals surface area contributed by atoms with E-state index >= 15 is 0 Å². The van der Waals surface area contributed by atoms with Crippen molar-refractivity contribution in [3.8, 4) is 11.4 Å². The van der Waals surface area contributed by atoms with Crippen LogP contribution >= 0.6 is 0 Å². The molecule has 4 nitrogen and oxygen atoms in total. The van der Waals surface area contributed by atoms with Crippen molar-refractivity contribution >= 4 is 27.8 Å². The summed E-state index contributed by atoms with van der Waals surface area (Å²) in [6, 6.07) is 29.1. The Morgan fingerprint density at radius 1 is 0.828 bits per heavy atom. The Morgan fingerprint density at radius 2 is 1.48 bits per heavy atom. The maximum Gasteiger partial charge on any atom is 0.163 e. The van der Waals surface area contributed by atoms with Crippen LogP contribution in [-0.2, 0) is 6.42 Å². The molecule has 5 rings (SSSR count). The fourth-order valence-electron chi connectivity index (χ4n) is 4.12. The van der Waals surface area contributed by atoms with Gasteiger partial charge >= 0.3 is 0 Å². The van der Waals surface area contributed by atoms with Gasteiger partial charge in [-0.2, -0.15) is 0 Å². The van der Waals surface area contributed by atoms with E-state index in [1.807, 2.05) is 36.4 Å². The van der Waals surface area contributed by atoms with Crippen molar-refractivity contribution in [2.24, 2.45) is 0 Å². The van der Waals surface area contributed by atoms with E-state index in [2.05, 4.69) is 65.0 Å². The average Bonchev–Trinajstić information content (AvgIpc) is 3.10.